The van der Waals surface area contributed by atoms with Crippen LogP contribution in [0.25, 0.3) is 11.5 Å². The number of aryl methyl sites for hydroxylation is 2. The van der Waals surface area contributed by atoms with Crippen LogP contribution in [0.15, 0.2) is 52.9 Å². The number of aliphatic carboxylic acids is 1. The van der Waals surface area contributed by atoms with Crippen molar-refractivity contribution >= 4 is 5.97 Å². The van der Waals surface area contributed by atoms with Gasteiger partial charge < -0.3 is 19.0 Å². The Morgan fingerprint density at radius 3 is 2.57 bits per heavy atom. The fourth-order valence-electron chi connectivity index (χ4n) is 3.26. The largest absolute Gasteiger partial charge is 0.487 e. The Morgan fingerprint density at radius 1 is 1.13 bits per heavy atom. The number of oxazole rings is 1. The van der Waals surface area contributed by atoms with Crippen molar-refractivity contribution in [3.8, 4) is 17.2 Å². The zero-order chi connectivity index (χ0) is 21.5. The topological polar surface area (TPSA) is 81.8 Å². The SMILES string of the molecule is CCO[C@@H](Cc1ccc(OCc2nc(-c3ccccc3)oc2C)cc1CC)C(=O)O. The van der Waals surface area contributed by atoms with Crippen LogP contribution in [0.4, 0.5) is 0 Å². The Kier molecular flexibility index (Phi) is 7.25. The molecule has 0 saturated carbocycles. The number of nitrogens with zero attached hydrogens (tertiary/aromatic N) is 1. The van der Waals surface area contributed by atoms with Gasteiger partial charge >= 0.3 is 5.97 Å². The molecule has 6 heteroatoms. The molecular weight excluding hydrogens is 382 g/mol. The molecule has 30 heavy (non-hydrogen) atoms. The van der Waals surface area contributed by atoms with Crippen molar-refractivity contribution < 1.29 is 23.8 Å². The summed E-state index contributed by atoms with van der Waals surface area (Å²) < 4.78 is 17.1. The van der Waals surface area contributed by atoms with E-state index in [-0.39, 0.29) is 0 Å². The van der Waals surface area contributed by atoms with E-state index in [2.05, 4.69) is 4.98 Å². The first-order valence-electron chi connectivity index (χ1n) is 10.1. The summed E-state index contributed by atoms with van der Waals surface area (Å²) >= 11 is 0. The minimum atomic E-state index is -0.949. The molecule has 1 N–H and O–H groups in total. The minimum absolute atomic E-state index is 0.293. The first-order chi connectivity index (χ1) is 14.5. The monoisotopic (exact) mass is 409 g/mol. The average molecular weight is 409 g/mol. The highest BCUT2D eigenvalue weighted by molar-refractivity contribution is 5.72. The van der Waals surface area contributed by atoms with Gasteiger partial charge in [0.05, 0.1) is 0 Å². The maximum atomic E-state index is 11.4. The number of carbonyl (C=O) groups is 1. The standard InChI is InChI=1S/C24H27NO5/c1-4-17-13-20(12-11-19(17)14-22(24(26)27)28-5-2)29-15-21-16(3)30-23(25-21)18-9-7-6-8-10-18/h6-13,22H,4-5,14-15H2,1-3H3,(H,26,27)/t22-/m0/s1. The maximum Gasteiger partial charge on any atom is 0.333 e. The molecule has 3 rings (SSSR count). The second kappa shape index (κ2) is 10.1. The molecule has 158 valence electrons. The third-order valence-electron chi connectivity index (χ3n) is 4.90. The van der Waals surface area contributed by atoms with Crippen molar-refractivity contribution in [3.05, 3.63) is 71.1 Å². The number of ether oxygens (including phenoxy) is 2. The summed E-state index contributed by atoms with van der Waals surface area (Å²) in [5, 5.41) is 9.34. The lowest BCUT2D eigenvalue weighted by molar-refractivity contribution is -0.149. The molecule has 0 saturated heterocycles. The third kappa shape index (κ3) is 5.27. The van der Waals surface area contributed by atoms with Crippen molar-refractivity contribution in [2.45, 2.75) is 46.3 Å². The predicted octanol–water partition coefficient (Wildman–Crippen LogP) is 4.82. The van der Waals surface area contributed by atoms with E-state index >= 15 is 0 Å². The molecule has 1 atom stereocenters. The van der Waals surface area contributed by atoms with Crippen molar-refractivity contribution in [3.63, 3.8) is 0 Å². The molecule has 1 heterocycles. The van der Waals surface area contributed by atoms with Crippen LogP contribution < -0.4 is 4.74 Å². The average Bonchev–Trinajstić information content (AvgIpc) is 3.13. The Hall–Kier alpha value is -3.12. The second-order valence-corrected chi connectivity index (χ2v) is 6.95. The molecule has 0 bridgehead atoms. The zero-order valence-corrected chi connectivity index (χ0v) is 17.6. The highest BCUT2D eigenvalue weighted by Gasteiger charge is 2.20. The van der Waals surface area contributed by atoms with Gasteiger partial charge in [0.2, 0.25) is 5.89 Å². The van der Waals surface area contributed by atoms with Crippen LogP contribution in [0.2, 0.25) is 0 Å². The zero-order valence-electron chi connectivity index (χ0n) is 17.6. The molecule has 2 aromatic carbocycles. The summed E-state index contributed by atoms with van der Waals surface area (Å²) in [6.45, 7) is 6.36. The molecule has 6 nitrogen and oxygen atoms in total. The summed E-state index contributed by atoms with van der Waals surface area (Å²) in [5.41, 5.74) is 3.67. The van der Waals surface area contributed by atoms with Crippen molar-refractivity contribution in [1.82, 2.24) is 4.98 Å². The molecule has 1 aromatic heterocycles. The van der Waals surface area contributed by atoms with E-state index in [1.165, 1.54) is 0 Å². The summed E-state index contributed by atoms with van der Waals surface area (Å²) in [7, 11) is 0. The molecule has 0 radical (unpaired) electrons. The fourth-order valence-corrected chi connectivity index (χ4v) is 3.26. The van der Waals surface area contributed by atoms with E-state index in [0.717, 1.165) is 34.6 Å². The van der Waals surface area contributed by atoms with Gasteiger partial charge in [0.1, 0.15) is 23.8 Å². The molecule has 0 aliphatic heterocycles. The highest BCUT2D eigenvalue weighted by atomic mass is 16.5. The molecule has 0 spiro atoms. The van der Waals surface area contributed by atoms with Gasteiger partial charge in [-0.3, -0.25) is 0 Å². The lowest BCUT2D eigenvalue weighted by Crippen LogP contribution is -2.26. The van der Waals surface area contributed by atoms with Gasteiger partial charge in [-0.05, 0) is 55.7 Å². The van der Waals surface area contributed by atoms with E-state index in [1.807, 2.05) is 62.4 Å². The number of aromatic nitrogens is 1. The number of rotatable bonds is 10. The maximum absolute atomic E-state index is 11.4. The Balaban J connectivity index is 1.70. The lowest BCUT2D eigenvalue weighted by Gasteiger charge is -2.16. The molecule has 0 aliphatic carbocycles. The molecule has 3 aromatic rings. The van der Waals surface area contributed by atoms with Gasteiger partial charge in [0.15, 0.2) is 6.10 Å². The normalized spacial score (nSPS) is 12.0. The Bertz CT molecular complexity index is 981. The molecule has 0 fully saturated rings. The number of carboxylic acids is 1. The number of carboxylic acid groups (broad SMARTS) is 1. The number of hydrogen-bond donors (Lipinski definition) is 1. The highest BCUT2D eigenvalue weighted by Crippen LogP contribution is 2.24. The molecule has 0 amide bonds. The number of benzene rings is 2. The predicted molar refractivity (Wildman–Crippen MR) is 114 cm³/mol. The van der Waals surface area contributed by atoms with Crippen molar-refractivity contribution in [2.75, 3.05) is 6.61 Å². The first kappa shape index (κ1) is 21.6. The first-order valence-corrected chi connectivity index (χ1v) is 10.1. The summed E-state index contributed by atoms with van der Waals surface area (Å²) in [6.07, 6.45) is 0.253. The number of hydrogen-bond acceptors (Lipinski definition) is 5. The second-order valence-electron chi connectivity index (χ2n) is 6.95. The summed E-state index contributed by atoms with van der Waals surface area (Å²) in [5.74, 6) is 1.06. The van der Waals surface area contributed by atoms with E-state index in [9.17, 15) is 9.90 Å². The van der Waals surface area contributed by atoms with Gasteiger partial charge in [-0.15, -0.1) is 0 Å². The Morgan fingerprint density at radius 2 is 1.90 bits per heavy atom. The van der Waals surface area contributed by atoms with Crippen LogP contribution >= 0.6 is 0 Å². The van der Waals surface area contributed by atoms with Crippen LogP contribution in [-0.4, -0.2) is 28.8 Å². The van der Waals surface area contributed by atoms with E-state index in [1.54, 1.807) is 6.92 Å². The van der Waals surface area contributed by atoms with E-state index in [0.29, 0.717) is 31.3 Å². The minimum Gasteiger partial charge on any atom is -0.487 e. The van der Waals surface area contributed by atoms with Gasteiger partial charge in [-0.1, -0.05) is 31.2 Å². The third-order valence-corrected chi connectivity index (χ3v) is 4.90. The summed E-state index contributed by atoms with van der Waals surface area (Å²) in [6, 6.07) is 15.5. The van der Waals surface area contributed by atoms with Gasteiger partial charge in [0.25, 0.3) is 0 Å². The van der Waals surface area contributed by atoms with Gasteiger partial charge in [0, 0.05) is 18.6 Å². The van der Waals surface area contributed by atoms with Crippen LogP contribution in [-0.2, 0) is 29.0 Å². The molecular formula is C24H27NO5. The lowest BCUT2D eigenvalue weighted by atomic mass is 9.99. The van der Waals surface area contributed by atoms with Crippen molar-refractivity contribution in [2.24, 2.45) is 0 Å². The van der Waals surface area contributed by atoms with Crippen LogP contribution in [0.5, 0.6) is 5.75 Å². The Labute approximate surface area is 176 Å². The van der Waals surface area contributed by atoms with Gasteiger partial charge in [-0.2, -0.15) is 0 Å². The smallest absolute Gasteiger partial charge is 0.333 e. The summed E-state index contributed by atoms with van der Waals surface area (Å²) in [4.78, 5) is 16.0. The van der Waals surface area contributed by atoms with E-state index < -0.39 is 12.1 Å². The van der Waals surface area contributed by atoms with Gasteiger partial charge in [-0.25, -0.2) is 9.78 Å². The van der Waals surface area contributed by atoms with Crippen LogP contribution in [0.1, 0.15) is 36.4 Å². The quantitative estimate of drug-likeness (QED) is 0.517. The fraction of sp³-hybridized carbons (Fsp3) is 0.333. The van der Waals surface area contributed by atoms with Crippen LogP contribution in [0.3, 0.4) is 0 Å². The molecule has 0 unspecified atom stereocenters. The van der Waals surface area contributed by atoms with Crippen molar-refractivity contribution in [1.29, 1.82) is 0 Å². The van der Waals surface area contributed by atoms with Crippen LogP contribution in [0, 0.1) is 6.92 Å². The van der Waals surface area contributed by atoms with E-state index in [4.69, 9.17) is 13.9 Å². The molecule has 0 aliphatic rings.